The number of halogens is 1. The first-order valence-electron chi connectivity index (χ1n) is 5.37. The summed E-state index contributed by atoms with van der Waals surface area (Å²) in [6.07, 6.45) is -0.755. The van der Waals surface area contributed by atoms with Gasteiger partial charge >= 0.3 is 0 Å². The fourth-order valence-corrected chi connectivity index (χ4v) is 1.71. The molecule has 0 radical (unpaired) electrons. The number of aliphatic hydroxyl groups is 1. The van der Waals surface area contributed by atoms with Gasteiger partial charge in [-0.05, 0) is 41.8 Å². The number of hydrogen-bond acceptors (Lipinski definition) is 2. The third-order valence-corrected chi connectivity index (χ3v) is 2.75. The molecule has 0 aliphatic heterocycles. The Labute approximate surface area is 99.5 Å². The first-order valence-corrected chi connectivity index (χ1v) is 5.37. The number of aryl methyl sites for hydroxylation is 1. The van der Waals surface area contributed by atoms with E-state index in [9.17, 15) is 9.50 Å². The zero-order chi connectivity index (χ0) is 12.4. The number of nitrogen functional groups attached to an aromatic ring is 1. The molecular formula is C14H14FNO. The normalized spacial score (nSPS) is 12.4. The lowest BCUT2D eigenvalue weighted by Gasteiger charge is -2.12. The van der Waals surface area contributed by atoms with E-state index in [4.69, 9.17) is 5.73 Å². The molecule has 88 valence electrons. The van der Waals surface area contributed by atoms with Crippen LogP contribution in [-0.4, -0.2) is 5.11 Å². The second-order valence-electron chi connectivity index (χ2n) is 4.08. The van der Waals surface area contributed by atoms with Crippen molar-refractivity contribution in [1.29, 1.82) is 0 Å². The molecule has 0 saturated carbocycles. The van der Waals surface area contributed by atoms with Crippen LogP contribution in [0.15, 0.2) is 42.5 Å². The monoisotopic (exact) mass is 231 g/mol. The van der Waals surface area contributed by atoms with Gasteiger partial charge in [0.1, 0.15) is 11.9 Å². The summed E-state index contributed by atoms with van der Waals surface area (Å²) in [5.74, 6) is -0.266. The molecule has 0 aromatic heterocycles. The van der Waals surface area contributed by atoms with Crippen LogP contribution in [0.1, 0.15) is 22.8 Å². The molecule has 1 unspecified atom stereocenters. The van der Waals surface area contributed by atoms with Crippen molar-refractivity contribution in [2.24, 2.45) is 0 Å². The van der Waals surface area contributed by atoms with Gasteiger partial charge in [-0.25, -0.2) is 4.39 Å². The Morgan fingerprint density at radius 3 is 2.24 bits per heavy atom. The van der Waals surface area contributed by atoms with E-state index in [1.54, 1.807) is 43.3 Å². The molecular weight excluding hydrogens is 217 g/mol. The van der Waals surface area contributed by atoms with Gasteiger partial charge in [-0.3, -0.25) is 0 Å². The van der Waals surface area contributed by atoms with Crippen LogP contribution in [0.5, 0.6) is 0 Å². The first-order chi connectivity index (χ1) is 8.08. The van der Waals surface area contributed by atoms with E-state index in [-0.39, 0.29) is 5.82 Å². The maximum atomic E-state index is 13.1. The van der Waals surface area contributed by atoms with E-state index >= 15 is 0 Å². The topological polar surface area (TPSA) is 46.2 Å². The number of nitrogens with two attached hydrogens (primary N) is 1. The molecule has 2 aromatic carbocycles. The van der Waals surface area contributed by atoms with Gasteiger partial charge in [0.05, 0.1) is 0 Å². The maximum absolute atomic E-state index is 13.1. The molecule has 0 spiro atoms. The smallest absolute Gasteiger partial charge is 0.126 e. The summed E-state index contributed by atoms with van der Waals surface area (Å²) < 4.78 is 13.1. The van der Waals surface area contributed by atoms with Crippen LogP contribution in [0.4, 0.5) is 10.1 Å². The number of hydrogen-bond donors (Lipinski definition) is 2. The van der Waals surface area contributed by atoms with Crippen molar-refractivity contribution < 1.29 is 9.50 Å². The van der Waals surface area contributed by atoms with Crippen LogP contribution >= 0.6 is 0 Å². The van der Waals surface area contributed by atoms with Crippen molar-refractivity contribution in [2.45, 2.75) is 13.0 Å². The van der Waals surface area contributed by atoms with Crippen LogP contribution in [0.3, 0.4) is 0 Å². The minimum Gasteiger partial charge on any atom is -0.399 e. The predicted octanol–water partition coefficient (Wildman–Crippen LogP) is 2.80. The molecule has 0 saturated heterocycles. The zero-order valence-electron chi connectivity index (χ0n) is 9.52. The van der Waals surface area contributed by atoms with Crippen molar-refractivity contribution in [3.05, 3.63) is 65.0 Å². The second kappa shape index (κ2) is 4.55. The van der Waals surface area contributed by atoms with Crippen molar-refractivity contribution >= 4 is 5.69 Å². The average molecular weight is 231 g/mol. The Balaban J connectivity index is 2.33. The summed E-state index contributed by atoms with van der Waals surface area (Å²) in [6.45, 7) is 1.68. The largest absolute Gasteiger partial charge is 0.399 e. The predicted molar refractivity (Wildman–Crippen MR) is 66.1 cm³/mol. The quantitative estimate of drug-likeness (QED) is 0.781. The minimum absolute atomic E-state index is 0.266. The Morgan fingerprint density at radius 1 is 1.06 bits per heavy atom. The lowest BCUT2D eigenvalue weighted by atomic mass is 10.00. The fraction of sp³-hybridized carbons (Fsp3) is 0.143. The highest BCUT2D eigenvalue weighted by Crippen LogP contribution is 2.24. The van der Waals surface area contributed by atoms with Gasteiger partial charge in [-0.2, -0.15) is 0 Å². The van der Waals surface area contributed by atoms with Gasteiger partial charge in [0.15, 0.2) is 0 Å². The van der Waals surface area contributed by atoms with E-state index in [1.165, 1.54) is 6.07 Å². The maximum Gasteiger partial charge on any atom is 0.126 e. The fourth-order valence-electron chi connectivity index (χ4n) is 1.71. The van der Waals surface area contributed by atoms with Crippen LogP contribution < -0.4 is 5.73 Å². The highest BCUT2D eigenvalue weighted by Gasteiger charge is 2.11. The van der Waals surface area contributed by atoms with Crippen LogP contribution in [0.2, 0.25) is 0 Å². The summed E-state index contributed by atoms with van der Waals surface area (Å²) >= 11 is 0. The summed E-state index contributed by atoms with van der Waals surface area (Å²) in [6, 6.07) is 11.6. The van der Waals surface area contributed by atoms with Gasteiger partial charge in [0, 0.05) is 5.69 Å². The van der Waals surface area contributed by atoms with Crippen molar-refractivity contribution in [3.8, 4) is 0 Å². The second-order valence-corrected chi connectivity index (χ2v) is 4.08. The van der Waals surface area contributed by atoms with Crippen LogP contribution in [-0.2, 0) is 0 Å². The van der Waals surface area contributed by atoms with Gasteiger partial charge < -0.3 is 10.8 Å². The van der Waals surface area contributed by atoms with Gasteiger partial charge in [0.2, 0.25) is 0 Å². The average Bonchev–Trinajstić information content (AvgIpc) is 2.33. The van der Waals surface area contributed by atoms with Crippen molar-refractivity contribution in [2.75, 3.05) is 5.73 Å². The molecule has 2 rings (SSSR count). The molecule has 2 aromatic rings. The number of aliphatic hydroxyl groups excluding tert-OH is 1. The Morgan fingerprint density at radius 2 is 1.65 bits per heavy atom. The summed E-state index contributed by atoms with van der Waals surface area (Å²) in [4.78, 5) is 0. The SMILES string of the molecule is Cc1cc(C(O)c2ccc(N)cc2)ccc1F. The molecule has 0 aliphatic carbocycles. The Bertz CT molecular complexity index is 522. The Kier molecular flexibility index (Phi) is 3.11. The molecule has 0 aliphatic rings. The molecule has 3 N–H and O–H groups in total. The molecule has 0 amide bonds. The number of anilines is 1. The highest BCUT2D eigenvalue weighted by atomic mass is 19.1. The van der Waals surface area contributed by atoms with Crippen molar-refractivity contribution in [1.82, 2.24) is 0 Å². The van der Waals surface area contributed by atoms with Crippen LogP contribution in [0.25, 0.3) is 0 Å². The summed E-state index contributed by atoms with van der Waals surface area (Å²) in [5, 5.41) is 10.1. The summed E-state index contributed by atoms with van der Waals surface area (Å²) in [7, 11) is 0. The lowest BCUT2D eigenvalue weighted by Crippen LogP contribution is -2.01. The highest BCUT2D eigenvalue weighted by molar-refractivity contribution is 5.42. The minimum atomic E-state index is -0.755. The molecule has 0 bridgehead atoms. The van der Waals surface area contributed by atoms with Gasteiger partial charge in [-0.1, -0.05) is 24.3 Å². The third-order valence-electron chi connectivity index (χ3n) is 2.75. The van der Waals surface area contributed by atoms with E-state index < -0.39 is 6.10 Å². The number of rotatable bonds is 2. The first kappa shape index (κ1) is 11.6. The lowest BCUT2D eigenvalue weighted by molar-refractivity contribution is 0.220. The molecule has 17 heavy (non-hydrogen) atoms. The molecule has 1 atom stereocenters. The molecule has 0 fully saturated rings. The Hall–Kier alpha value is -1.87. The third kappa shape index (κ3) is 2.45. The van der Waals surface area contributed by atoms with Gasteiger partial charge in [-0.15, -0.1) is 0 Å². The zero-order valence-corrected chi connectivity index (χ0v) is 9.52. The van der Waals surface area contributed by atoms with E-state index in [0.717, 1.165) is 5.56 Å². The molecule has 0 heterocycles. The van der Waals surface area contributed by atoms with E-state index in [2.05, 4.69) is 0 Å². The van der Waals surface area contributed by atoms with E-state index in [1.807, 2.05) is 0 Å². The number of benzene rings is 2. The van der Waals surface area contributed by atoms with Crippen molar-refractivity contribution in [3.63, 3.8) is 0 Å². The molecule has 3 heteroatoms. The standard InChI is InChI=1S/C14H14FNO/c1-9-8-11(4-7-13(9)15)14(17)10-2-5-12(16)6-3-10/h2-8,14,17H,16H2,1H3. The van der Waals surface area contributed by atoms with Crippen LogP contribution in [0, 0.1) is 12.7 Å². The molecule has 2 nitrogen and oxygen atoms in total. The summed E-state index contributed by atoms with van der Waals surface area (Å²) in [5.41, 5.74) is 8.17. The van der Waals surface area contributed by atoms with Gasteiger partial charge in [0.25, 0.3) is 0 Å². The van der Waals surface area contributed by atoms with E-state index in [0.29, 0.717) is 16.8 Å².